The predicted octanol–water partition coefficient (Wildman–Crippen LogP) is 7.90. The first-order chi connectivity index (χ1) is 17.3. The Hall–Kier alpha value is 0.921. The molecule has 0 rings (SSSR count). The SMILES string of the molecule is C[Si](C)(C)OCC(=O)[C@@H](O[Si](C)(C)C)[C@H](O[Si](C)(C)C)[C@@H](COP(=O)(O[Si](C)(C)C)O[Si](C)(C)C)O[Si](C)(C)C. The van der Waals surface area contributed by atoms with Crippen LogP contribution < -0.4 is 0 Å². The summed E-state index contributed by atoms with van der Waals surface area (Å²) in [7, 11) is -17.2. The fraction of sp³-hybridized carbons (Fsp3) is 0.958. The monoisotopic (exact) mass is 692 g/mol. The molecule has 9 nitrogen and oxygen atoms in total. The summed E-state index contributed by atoms with van der Waals surface area (Å²) in [5, 5.41) is 0. The van der Waals surface area contributed by atoms with Crippen molar-refractivity contribution in [3.8, 4) is 0 Å². The molecule has 0 N–H and O–H groups in total. The normalized spacial score (nSPS) is 17.1. The maximum atomic E-state index is 14.0. The van der Waals surface area contributed by atoms with Crippen molar-refractivity contribution in [3.05, 3.63) is 0 Å². The van der Waals surface area contributed by atoms with Gasteiger partial charge in [0.15, 0.2) is 55.7 Å². The highest BCUT2D eigenvalue weighted by atomic mass is 31.2. The highest BCUT2D eigenvalue weighted by Gasteiger charge is 2.45. The number of rotatable bonds is 19. The molecule has 40 heavy (non-hydrogen) atoms. The Morgan fingerprint density at radius 1 is 0.575 bits per heavy atom. The van der Waals surface area contributed by atoms with Crippen molar-refractivity contribution in [2.75, 3.05) is 13.2 Å². The van der Waals surface area contributed by atoms with Gasteiger partial charge in [-0.05, 0) is 118 Å². The molecule has 0 bridgehead atoms. The number of phosphoric acid groups is 1. The van der Waals surface area contributed by atoms with Crippen LogP contribution in [0.1, 0.15) is 0 Å². The molecule has 0 saturated carbocycles. The van der Waals surface area contributed by atoms with Gasteiger partial charge in [0.1, 0.15) is 12.2 Å². The zero-order valence-corrected chi connectivity index (χ0v) is 35.7. The van der Waals surface area contributed by atoms with Gasteiger partial charge < -0.3 is 26.1 Å². The van der Waals surface area contributed by atoms with Gasteiger partial charge in [0.2, 0.25) is 0 Å². The molecule has 0 aromatic heterocycles. The molecule has 0 aromatic carbocycles. The number of Topliss-reactive ketones (excluding diaryl/α,β-unsaturated/α-hetero) is 1. The van der Waals surface area contributed by atoms with Gasteiger partial charge in [-0.2, -0.15) is 0 Å². The summed E-state index contributed by atoms with van der Waals surface area (Å²) in [6, 6.07) is 0. The molecule has 0 heterocycles. The van der Waals surface area contributed by atoms with E-state index in [4.69, 9.17) is 30.7 Å². The Morgan fingerprint density at radius 2 is 0.975 bits per heavy atom. The molecule has 16 heteroatoms. The van der Waals surface area contributed by atoms with E-state index in [1.54, 1.807) is 0 Å². The minimum Gasteiger partial charge on any atom is -0.410 e. The molecule has 0 saturated heterocycles. The molecule has 0 radical (unpaired) electrons. The zero-order chi connectivity index (χ0) is 32.2. The van der Waals surface area contributed by atoms with Gasteiger partial charge in [0.05, 0.1) is 19.3 Å². The highest BCUT2D eigenvalue weighted by Crippen LogP contribution is 2.54. The van der Waals surface area contributed by atoms with Gasteiger partial charge in [0, 0.05) is 0 Å². The Morgan fingerprint density at radius 3 is 1.30 bits per heavy atom. The first-order valence-corrected chi connectivity index (χ1v) is 36.1. The zero-order valence-electron chi connectivity index (χ0n) is 28.8. The lowest BCUT2D eigenvalue weighted by Crippen LogP contribution is -2.57. The fourth-order valence-electron chi connectivity index (χ4n) is 3.36. The molecule has 0 aromatic rings. The second-order valence-electron chi connectivity index (χ2n) is 16.1. The number of carbonyl (C=O) groups excluding carboxylic acids is 1. The Labute approximate surface area is 252 Å². The van der Waals surface area contributed by atoms with Crippen LogP contribution in [0.2, 0.25) is 118 Å². The second-order valence-corrected chi connectivity index (χ2v) is 45.1. The van der Waals surface area contributed by atoms with Gasteiger partial charge in [-0.1, -0.05) is 0 Å². The number of carbonyl (C=O) groups is 1. The van der Waals surface area contributed by atoms with Gasteiger partial charge in [-0.15, -0.1) is 0 Å². The Balaban J connectivity index is 6.76. The van der Waals surface area contributed by atoms with Crippen molar-refractivity contribution in [1.82, 2.24) is 0 Å². The quantitative estimate of drug-likeness (QED) is 0.0988. The Kier molecular flexibility index (Phi) is 15.1. The van der Waals surface area contributed by atoms with Crippen LogP contribution in [-0.2, 0) is 40.0 Å². The lowest BCUT2D eigenvalue weighted by Gasteiger charge is -2.41. The van der Waals surface area contributed by atoms with Crippen LogP contribution in [0.25, 0.3) is 0 Å². The van der Waals surface area contributed by atoms with Crippen LogP contribution in [0, 0.1) is 0 Å². The van der Waals surface area contributed by atoms with Crippen LogP contribution in [-0.4, -0.2) is 87.2 Å². The first kappa shape index (κ1) is 40.9. The van der Waals surface area contributed by atoms with Crippen molar-refractivity contribution < 1.29 is 40.0 Å². The molecule has 0 fully saturated rings. The molecule has 240 valence electrons. The van der Waals surface area contributed by atoms with Crippen LogP contribution in [0.15, 0.2) is 0 Å². The standard InChI is InChI=1S/C24H61O9PSi6/c1-35(2,3)28-19-21(25)23(30-37(7,8)9)24(31-38(10,11)12)22(29-36(4,5)6)20-27-34(26,32-39(13,14)15)33-40(16,17)18/h22-24H,19-20H2,1-18H3/t22-,23-,24-/m1/s1. The molecule has 3 atom stereocenters. The van der Waals surface area contributed by atoms with E-state index in [2.05, 4.69) is 39.3 Å². The summed E-state index contributed by atoms with van der Waals surface area (Å²) in [6.07, 6.45) is -2.44. The molecule has 0 unspecified atom stereocenters. The van der Waals surface area contributed by atoms with Crippen molar-refractivity contribution in [3.63, 3.8) is 0 Å². The first-order valence-electron chi connectivity index (χ1n) is 14.2. The number of ketones is 1. The van der Waals surface area contributed by atoms with Crippen LogP contribution in [0.5, 0.6) is 0 Å². The average molecular weight is 693 g/mol. The average Bonchev–Trinajstić information content (AvgIpc) is 2.60. The predicted molar refractivity (Wildman–Crippen MR) is 181 cm³/mol. The summed E-state index contributed by atoms with van der Waals surface area (Å²) < 4.78 is 58.0. The van der Waals surface area contributed by atoms with E-state index < -0.39 is 76.0 Å². The maximum Gasteiger partial charge on any atom is 0.455 e. The summed E-state index contributed by atoms with van der Waals surface area (Å²) in [6.45, 7) is 36.1. The van der Waals surface area contributed by atoms with Gasteiger partial charge in [-0.3, -0.25) is 9.32 Å². The van der Waals surface area contributed by atoms with E-state index in [-0.39, 0.29) is 19.0 Å². The molecule has 0 aliphatic heterocycles. The molecular weight excluding hydrogens is 632 g/mol. The topological polar surface area (TPSA) is 98.8 Å². The minimum absolute atomic E-state index is 0.0626. The van der Waals surface area contributed by atoms with E-state index in [9.17, 15) is 9.36 Å². The third kappa shape index (κ3) is 20.8. The number of hydrogen-bond acceptors (Lipinski definition) is 9. The minimum atomic E-state index is -3.92. The number of hydrogen-bond donors (Lipinski definition) is 0. The van der Waals surface area contributed by atoms with E-state index in [0.29, 0.717) is 0 Å². The van der Waals surface area contributed by atoms with E-state index in [1.165, 1.54) is 0 Å². The highest BCUT2D eigenvalue weighted by molar-refractivity contribution is 7.52. The lowest BCUT2D eigenvalue weighted by molar-refractivity contribution is -0.137. The van der Waals surface area contributed by atoms with E-state index in [0.717, 1.165) is 0 Å². The lowest BCUT2D eigenvalue weighted by atomic mass is 10.1. The largest absolute Gasteiger partial charge is 0.455 e. The van der Waals surface area contributed by atoms with Crippen molar-refractivity contribution >= 4 is 63.5 Å². The fourth-order valence-corrected chi connectivity index (χ4v) is 13.8. The molecular formula is C24H61O9PSi6. The maximum absolute atomic E-state index is 14.0. The van der Waals surface area contributed by atoms with E-state index >= 15 is 0 Å². The third-order valence-electron chi connectivity index (χ3n) is 4.27. The smallest absolute Gasteiger partial charge is 0.410 e. The molecule has 0 aliphatic carbocycles. The summed E-state index contributed by atoms with van der Waals surface area (Å²) >= 11 is 0. The molecule has 0 amide bonds. The van der Waals surface area contributed by atoms with Gasteiger partial charge in [-0.25, -0.2) is 4.57 Å². The van der Waals surface area contributed by atoms with Crippen LogP contribution in [0.4, 0.5) is 0 Å². The Bertz CT molecular complexity index is 830. The molecule has 0 spiro atoms. The summed E-state index contributed by atoms with van der Waals surface area (Å²) in [5.41, 5.74) is 0. The van der Waals surface area contributed by atoms with Crippen LogP contribution in [0.3, 0.4) is 0 Å². The van der Waals surface area contributed by atoms with Crippen molar-refractivity contribution in [2.45, 2.75) is 136 Å². The summed E-state index contributed by atoms with van der Waals surface area (Å²) in [4.78, 5) is 13.8. The van der Waals surface area contributed by atoms with E-state index in [1.807, 2.05) is 78.6 Å². The molecule has 0 aliphatic rings. The van der Waals surface area contributed by atoms with Crippen molar-refractivity contribution in [2.24, 2.45) is 0 Å². The third-order valence-corrected chi connectivity index (χ3v) is 14.9. The summed E-state index contributed by atoms with van der Waals surface area (Å²) in [5.74, 6) is -0.183. The van der Waals surface area contributed by atoms with Gasteiger partial charge in [0.25, 0.3) is 0 Å². The van der Waals surface area contributed by atoms with Crippen molar-refractivity contribution in [1.29, 1.82) is 0 Å². The van der Waals surface area contributed by atoms with Gasteiger partial charge >= 0.3 is 7.82 Å². The van der Waals surface area contributed by atoms with Crippen LogP contribution >= 0.6 is 7.82 Å². The second kappa shape index (κ2) is 14.8.